The van der Waals surface area contributed by atoms with Gasteiger partial charge in [0.15, 0.2) is 0 Å². The van der Waals surface area contributed by atoms with Crippen molar-refractivity contribution >= 4 is 16.9 Å². The van der Waals surface area contributed by atoms with Crippen LogP contribution in [0.25, 0.3) is 11.0 Å². The van der Waals surface area contributed by atoms with E-state index in [1.54, 1.807) is 7.11 Å². The van der Waals surface area contributed by atoms with Crippen molar-refractivity contribution in [2.75, 3.05) is 20.2 Å². The molecule has 2 fully saturated rings. The van der Waals surface area contributed by atoms with E-state index in [1.165, 1.54) is 12.8 Å². The zero-order chi connectivity index (χ0) is 16.7. The summed E-state index contributed by atoms with van der Waals surface area (Å²) in [5.74, 6) is 1.49. The highest BCUT2D eigenvalue weighted by Gasteiger charge is 2.59. The minimum Gasteiger partial charge on any atom is -0.480 e. The average Bonchev–Trinajstić information content (AvgIpc) is 3.19. The number of amides is 1. The van der Waals surface area contributed by atoms with E-state index >= 15 is 0 Å². The second-order valence-corrected chi connectivity index (χ2v) is 7.06. The lowest BCUT2D eigenvalue weighted by molar-refractivity contribution is -0.130. The molecule has 1 aromatic heterocycles. The number of aryl methyl sites for hydroxylation is 1. The van der Waals surface area contributed by atoms with Crippen LogP contribution < -0.4 is 4.74 Å². The molecule has 1 saturated carbocycles. The predicted octanol–water partition coefficient (Wildman–Crippen LogP) is 2.83. The quantitative estimate of drug-likeness (QED) is 0.848. The van der Waals surface area contributed by atoms with Crippen molar-refractivity contribution in [1.82, 2.24) is 14.9 Å². The lowest BCUT2D eigenvalue weighted by Gasteiger charge is -2.20. The van der Waals surface area contributed by atoms with Crippen LogP contribution in [0.15, 0.2) is 24.3 Å². The average molecular weight is 325 g/mol. The summed E-state index contributed by atoms with van der Waals surface area (Å²) in [6.45, 7) is 4.12. The van der Waals surface area contributed by atoms with Crippen molar-refractivity contribution in [3.63, 3.8) is 0 Å². The third-order valence-corrected chi connectivity index (χ3v) is 5.74. The van der Waals surface area contributed by atoms with Crippen molar-refractivity contribution in [3.05, 3.63) is 30.0 Å². The van der Waals surface area contributed by atoms with Crippen LogP contribution in [0.5, 0.6) is 5.88 Å². The van der Waals surface area contributed by atoms with Gasteiger partial charge in [0, 0.05) is 25.9 Å². The summed E-state index contributed by atoms with van der Waals surface area (Å²) in [6.07, 6.45) is 3.53. The maximum absolute atomic E-state index is 12.5. The molecule has 0 spiro atoms. The molecule has 0 bridgehead atoms. The Morgan fingerprint density at radius 1 is 1.33 bits per heavy atom. The Morgan fingerprint density at radius 3 is 2.75 bits per heavy atom. The number of carbonyl (C=O) groups excluding carboxylic acids is 1. The van der Waals surface area contributed by atoms with E-state index in [2.05, 4.69) is 16.9 Å². The molecule has 24 heavy (non-hydrogen) atoms. The molecule has 126 valence electrons. The van der Waals surface area contributed by atoms with Crippen molar-refractivity contribution in [2.45, 2.75) is 32.6 Å². The molecule has 1 amide bonds. The van der Waals surface area contributed by atoms with Crippen LogP contribution in [-0.4, -0.2) is 41.0 Å². The number of likely N-dealkylation sites (tertiary alicyclic amines) is 1. The molecule has 2 unspecified atom stereocenters. The van der Waals surface area contributed by atoms with Gasteiger partial charge in [-0.2, -0.15) is 0 Å². The molecule has 4 rings (SSSR count). The van der Waals surface area contributed by atoms with E-state index in [-0.39, 0.29) is 5.91 Å². The van der Waals surface area contributed by atoms with Crippen LogP contribution in [0.2, 0.25) is 0 Å². The van der Waals surface area contributed by atoms with Crippen molar-refractivity contribution in [3.8, 4) is 5.88 Å². The normalized spacial score (nSPS) is 24.9. The van der Waals surface area contributed by atoms with Crippen LogP contribution in [0, 0.1) is 11.3 Å². The Kier molecular flexibility index (Phi) is 3.66. The van der Waals surface area contributed by atoms with E-state index in [9.17, 15) is 4.79 Å². The van der Waals surface area contributed by atoms with E-state index in [0.29, 0.717) is 24.1 Å². The third kappa shape index (κ3) is 2.52. The lowest BCUT2D eigenvalue weighted by atomic mass is 10.0. The molecule has 2 heterocycles. The Bertz CT molecular complexity index is 787. The van der Waals surface area contributed by atoms with Crippen LogP contribution in [0.4, 0.5) is 0 Å². The number of hydrogen-bond donors (Lipinski definition) is 0. The maximum Gasteiger partial charge on any atom is 0.235 e. The molecular formula is C19H23N3O2. The van der Waals surface area contributed by atoms with Crippen molar-refractivity contribution < 1.29 is 9.53 Å². The minimum absolute atomic E-state index is 0.229. The fraction of sp³-hybridized carbons (Fsp3) is 0.526. The van der Waals surface area contributed by atoms with Gasteiger partial charge in [-0.1, -0.05) is 19.1 Å². The fourth-order valence-electron chi connectivity index (χ4n) is 4.06. The van der Waals surface area contributed by atoms with Gasteiger partial charge in [-0.05, 0) is 36.3 Å². The number of methoxy groups -OCH3 is 1. The van der Waals surface area contributed by atoms with E-state index in [1.807, 2.05) is 29.2 Å². The first-order chi connectivity index (χ1) is 11.6. The molecule has 1 aliphatic heterocycles. The van der Waals surface area contributed by atoms with Crippen LogP contribution in [0.3, 0.4) is 0 Å². The van der Waals surface area contributed by atoms with Gasteiger partial charge in [0.1, 0.15) is 5.69 Å². The number of nitrogens with zero attached hydrogens (tertiary/aromatic N) is 3. The van der Waals surface area contributed by atoms with Crippen LogP contribution in [-0.2, 0) is 11.2 Å². The van der Waals surface area contributed by atoms with Crippen molar-refractivity contribution in [2.24, 2.45) is 11.3 Å². The highest BCUT2D eigenvalue weighted by Crippen LogP contribution is 2.59. The molecule has 0 radical (unpaired) electrons. The van der Waals surface area contributed by atoms with Gasteiger partial charge >= 0.3 is 0 Å². The van der Waals surface area contributed by atoms with Gasteiger partial charge in [-0.15, -0.1) is 0 Å². The molecule has 5 nitrogen and oxygen atoms in total. The highest BCUT2D eigenvalue weighted by molar-refractivity contribution is 5.78. The zero-order valence-electron chi connectivity index (χ0n) is 14.3. The number of benzene rings is 1. The van der Waals surface area contributed by atoms with Crippen LogP contribution >= 0.6 is 0 Å². The number of hydrogen-bond acceptors (Lipinski definition) is 4. The topological polar surface area (TPSA) is 55.3 Å². The second kappa shape index (κ2) is 5.72. The van der Waals surface area contributed by atoms with Gasteiger partial charge in [0.05, 0.1) is 18.1 Å². The fourth-order valence-corrected chi connectivity index (χ4v) is 4.06. The largest absolute Gasteiger partial charge is 0.480 e. The summed E-state index contributed by atoms with van der Waals surface area (Å²) >= 11 is 0. The Labute approximate surface area is 142 Å². The molecule has 2 aliphatic rings. The number of ether oxygens (including phenoxy) is 1. The maximum atomic E-state index is 12.5. The van der Waals surface area contributed by atoms with Gasteiger partial charge in [-0.25, -0.2) is 9.97 Å². The van der Waals surface area contributed by atoms with Crippen LogP contribution in [0.1, 0.15) is 31.9 Å². The molecule has 1 saturated heterocycles. The molecule has 2 atom stereocenters. The Hall–Kier alpha value is -2.17. The second-order valence-electron chi connectivity index (χ2n) is 7.06. The summed E-state index contributed by atoms with van der Waals surface area (Å²) in [7, 11) is 1.60. The number of para-hydroxylation sites is 2. The number of carbonyl (C=O) groups is 1. The lowest BCUT2D eigenvalue weighted by Crippen LogP contribution is -2.32. The van der Waals surface area contributed by atoms with E-state index < -0.39 is 0 Å². The third-order valence-electron chi connectivity index (χ3n) is 5.74. The predicted molar refractivity (Wildman–Crippen MR) is 91.8 cm³/mol. The first-order valence-corrected chi connectivity index (χ1v) is 8.72. The van der Waals surface area contributed by atoms with Gasteiger partial charge < -0.3 is 9.64 Å². The van der Waals surface area contributed by atoms with E-state index in [0.717, 1.165) is 35.7 Å². The summed E-state index contributed by atoms with van der Waals surface area (Å²) in [5, 5.41) is 0. The molecule has 0 N–H and O–H groups in total. The minimum atomic E-state index is 0.229. The summed E-state index contributed by atoms with van der Waals surface area (Å²) in [5.41, 5.74) is 2.86. The molecule has 1 aliphatic carbocycles. The Balaban J connectivity index is 1.46. The summed E-state index contributed by atoms with van der Waals surface area (Å²) in [6, 6.07) is 7.73. The first-order valence-electron chi connectivity index (χ1n) is 8.72. The smallest absolute Gasteiger partial charge is 0.235 e. The Morgan fingerprint density at radius 2 is 2.08 bits per heavy atom. The summed E-state index contributed by atoms with van der Waals surface area (Å²) in [4.78, 5) is 23.7. The monoisotopic (exact) mass is 325 g/mol. The van der Waals surface area contributed by atoms with Gasteiger partial charge in [-0.3, -0.25) is 4.79 Å². The van der Waals surface area contributed by atoms with Gasteiger partial charge in [0.25, 0.3) is 0 Å². The number of aromatic nitrogens is 2. The standard InChI is InChI=1S/C19H23N3O2/c1-3-19-10-13(19)11-22(12-19)17(23)9-8-16-18(24-2)21-15-7-5-4-6-14(15)20-16/h4-7,13H,3,8-12H2,1-2H3. The first kappa shape index (κ1) is 15.4. The zero-order valence-corrected chi connectivity index (χ0v) is 14.3. The van der Waals surface area contributed by atoms with Gasteiger partial charge in [0.2, 0.25) is 11.8 Å². The molecule has 1 aromatic carbocycles. The number of fused-ring (bicyclic) bond motifs is 2. The summed E-state index contributed by atoms with van der Waals surface area (Å²) < 4.78 is 5.37. The molecule has 5 heteroatoms. The van der Waals surface area contributed by atoms with E-state index in [4.69, 9.17) is 4.74 Å². The highest BCUT2D eigenvalue weighted by atomic mass is 16.5. The molecule has 2 aromatic rings. The molecular weight excluding hydrogens is 302 g/mol. The number of piperidine rings is 1. The number of rotatable bonds is 5. The van der Waals surface area contributed by atoms with Crippen molar-refractivity contribution in [1.29, 1.82) is 0 Å². The SMILES string of the molecule is CCC12CC1CN(C(=O)CCc1nc3ccccc3nc1OC)C2.